The maximum atomic E-state index is 13.9. The lowest BCUT2D eigenvalue weighted by atomic mass is 9.96. The van der Waals surface area contributed by atoms with Crippen LogP contribution in [0, 0.1) is 5.92 Å². The maximum absolute atomic E-state index is 13.9. The number of carbonyl (C=O) groups excluding carboxylic acids is 3. The minimum Gasteiger partial charge on any atom is -0.394 e. The monoisotopic (exact) mass is 511 g/mol. The number of amides is 3. The molecular formula is C31H33N3O4. The molecule has 1 unspecified atom stereocenters. The van der Waals surface area contributed by atoms with Gasteiger partial charge in [-0.15, -0.1) is 0 Å². The Morgan fingerprint density at radius 2 is 1.47 bits per heavy atom. The molecule has 7 heteroatoms. The Kier molecular flexibility index (Phi) is 8.71. The number of aliphatic hydroxyl groups excluding tert-OH is 1. The van der Waals surface area contributed by atoms with Crippen LogP contribution in [-0.4, -0.2) is 57.9 Å². The highest BCUT2D eigenvalue weighted by molar-refractivity contribution is 6.03. The first-order chi connectivity index (χ1) is 18.4. The van der Waals surface area contributed by atoms with Gasteiger partial charge in [-0.05, 0) is 35.6 Å². The van der Waals surface area contributed by atoms with Gasteiger partial charge in [0.05, 0.1) is 18.3 Å². The predicted molar refractivity (Wildman–Crippen MR) is 147 cm³/mol. The third-order valence-electron chi connectivity index (χ3n) is 6.54. The van der Waals surface area contributed by atoms with Crippen LogP contribution in [0.15, 0.2) is 97.2 Å². The van der Waals surface area contributed by atoms with Gasteiger partial charge in [0.1, 0.15) is 12.6 Å². The van der Waals surface area contributed by atoms with Crippen molar-refractivity contribution in [3.8, 4) is 0 Å². The first kappa shape index (κ1) is 26.8. The summed E-state index contributed by atoms with van der Waals surface area (Å²) in [4.78, 5) is 43.6. The number of carbonyl (C=O) groups is 3. The highest BCUT2D eigenvalue weighted by Crippen LogP contribution is 2.31. The van der Waals surface area contributed by atoms with Gasteiger partial charge in [0.2, 0.25) is 5.91 Å². The summed E-state index contributed by atoms with van der Waals surface area (Å²) >= 11 is 0. The lowest BCUT2D eigenvalue weighted by Gasteiger charge is -2.41. The Balaban J connectivity index is 1.64. The zero-order chi connectivity index (χ0) is 27.1. The molecule has 2 atom stereocenters. The van der Waals surface area contributed by atoms with Gasteiger partial charge < -0.3 is 15.3 Å². The second-order valence-electron chi connectivity index (χ2n) is 9.71. The third kappa shape index (κ3) is 6.18. The number of nitrogens with one attached hydrogen (secondary N) is 1. The molecule has 196 valence electrons. The molecule has 4 rings (SSSR count). The second-order valence-corrected chi connectivity index (χ2v) is 9.71. The molecule has 0 saturated carbocycles. The van der Waals surface area contributed by atoms with Gasteiger partial charge in [-0.2, -0.15) is 0 Å². The van der Waals surface area contributed by atoms with Crippen LogP contribution in [0.3, 0.4) is 0 Å². The fraction of sp³-hybridized carbons (Fsp3) is 0.258. The molecule has 38 heavy (non-hydrogen) atoms. The molecule has 0 bridgehead atoms. The Morgan fingerprint density at radius 3 is 2.05 bits per heavy atom. The summed E-state index contributed by atoms with van der Waals surface area (Å²) < 4.78 is 0. The summed E-state index contributed by atoms with van der Waals surface area (Å²) in [5.74, 6) is -1.19. The van der Waals surface area contributed by atoms with Gasteiger partial charge in [0.25, 0.3) is 11.8 Å². The van der Waals surface area contributed by atoms with Crippen molar-refractivity contribution in [2.45, 2.75) is 32.4 Å². The molecule has 0 radical (unpaired) electrons. The van der Waals surface area contributed by atoms with Crippen molar-refractivity contribution in [2.24, 2.45) is 5.92 Å². The molecule has 0 aromatic heterocycles. The van der Waals surface area contributed by atoms with Gasteiger partial charge in [-0.25, -0.2) is 0 Å². The van der Waals surface area contributed by atoms with Crippen LogP contribution >= 0.6 is 0 Å². The summed E-state index contributed by atoms with van der Waals surface area (Å²) in [5, 5.41) is 12.8. The van der Waals surface area contributed by atoms with Gasteiger partial charge in [-0.1, -0.05) is 92.7 Å². The Bertz CT molecular complexity index is 1280. The van der Waals surface area contributed by atoms with E-state index >= 15 is 0 Å². The summed E-state index contributed by atoms with van der Waals surface area (Å²) in [7, 11) is 0. The molecule has 3 amide bonds. The molecule has 2 N–H and O–H groups in total. The normalized spacial score (nSPS) is 16.3. The quantitative estimate of drug-likeness (QED) is 0.458. The summed E-state index contributed by atoms with van der Waals surface area (Å²) in [6.45, 7) is 3.30. The highest BCUT2D eigenvalue weighted by Gasteiger charge is 2.41. The highest BCUT2D eigenvalue weighted by atomic mass is 16.3. The average molecular weight is 512 g/mol. The topological polar surface area (TPSA) is 89.9 Å². The molecule has 3 aromatic carbocycles. The lowest BCUT2D eigenvalue weighted by Crippen LogP contribution is -2.56. The second kappa shape index (κ2) is 12.3. The molecule has 0 aliphatic carbocycles. The van der Waals surface area contributed by atoms with Crippen LogP contribution in [0.25, 0.3) is 5.70 Å². The van der Waals surface area contributed by atoms with E-state index in [0.29, 0.717) is 23.2 Å². The number of rotatable bonds is 9. The molecule has 0 saturated heterocycles. The Morgan fingerprint density at radius 1 is 0.895 bits per heavy atom. The first-order valence-electron chi connectivity index (χ1n) is 12.8. The zero-order valence-corrected chi connectivity index (χ0v) is 21.7. The van der Waals surface area contributed by atoms with Crippen molar-refractivity contribution in [1.29, 1.82) is 0 Å². The van der Waals surface area contributed by atoms with Crippen LogP contribution in [0.1, 0.15) is 35.3 Å². The minimum atomic E-state index is -0.777. The van der Waals surface area contributed by atoms with E-state index in [0.717, 1.165) is 5.56 Å². The lowest BCUT2D eigenvalue weighted by molar-refractivity contribution is -0.138. The summed E-state index contributed by atoms with van der Waals surface area (Å²) in [5.41, 5.74) is 2.65. The van der Waals surface area contributed by atoms with Gasteiger partial charge >= 0.3 is 0 Å². The van der Waals surface area contributed by atoms with Crippen molar-refractivity contribution in [1.82, 2.24) is 15.1 Å². The summed E-state index contributed by atoms with van der Waals surface area (Å²) in [6.07, 6.45) is 2.14. The van der Waals surface area contributed by atoms with E-state index in [1.165, 1.54) is 9.80 Å². The molecule has 1 heterocycles. The van der Waals surface area contributed by atoms with Crippen LogP contribution in [0.4, 0.5) is 0 Å². The number of benzene rings is 3. The molecule has 1 aliphatic rings. The van der Waals surface area contributed by atoms with Crippen molar-refractivity contribution in [2.75, 3.05) is 13.2 Å². The van der Waals surface area contributed by atoms with Gasteiger partial charge in [0.15, 0.2) is 0 Å². The SMILES string of the molecule is CC(C)C1C(=O)N(CC(=O)N[C@H](CO)Cc2ccccc2)C(c2ccccc2)=CN1C(=O)c1ccccc1. The van der Waals surface area contributed by atoms with Gasteiger partial charge in [0, 0.05) is 11.8 Å². The molecule has 0 spiro atoms. The number of nitrogens with zero attached hydrogens (tertiary/aromatic N) is 2. The van der Waals surface area contributed by atoms with Crippen LogP contribution in [-0.2, 0) is 16.0 Å². The van der Waals surface area contributed by atoms with Crippen LogP contribution < -0.4 is 5.32 Å². The Hall–Kier alpha value is -4.23. The van der Waals surface area contributed by atoms with E-state index in [1.807, 2.05) is 80.6 Å². The predicted octanol–water partition coefficient (Wildman–Crippen LogP) is 3.71. The van der Waals surface area contributed by atoms with Crippen molar-refractivity contribution in [3.05, 3.63) is 114 Å². The largest absolute Gasteiger partial charge is 0.394 e. The van der Waals surface area contributed by atoms with Crippen molar-refractivity contribution in [3.63, 3.8) is 0 Å². The first-order valence-corrected chi connectivity index (χ1v) is 12.8. The fourth-order valence-electron chi connectivity index (χ4n) is 4.68. The van der Waals surface area contributed by atoms with E-state index in [9.17, 15) is 19.5 Å². The van der Waals surface area contributed by atoms with Crippen molar-refractivity contribution >= 4 is 23.4 Å². The molecule has 3 aromatic rings. The van der Waals surface area contributed by atoms with E-state index in [2.05, 4.69) is 5.32 Å². The molecule has 7 nitrogen and oxygen atoms in total. The third-order valence-corrected chi connectivity index (χ3v) is 6.54. The van der Waals surface area contributed by atoms with Crippen LogP contribution in [0.2, 0.25) is 0 Å². The van der Waals surface area contributed by atoms with Gasteiger partial charge in [-0.3, -0.25) is 19.3 Å². The zero-order valence-electron chi connectivity index (χ0n) is 21.7. The minimum absolute atomic E-state index is 0.197. The molecule has 1 aliphatic heterocycles. The molecular weight excluding hydrogens is 478 g/mol. The summed E-state index contributed by atoms with van der Waals surface area (Å²) in [6, 6.07) is 26.4. The van der Waals surface area contributed by atoms with E-state index in [-0.39, 0.29) is 36.8 Å². The Labute approximate surface area is 223 Å². The van der Waals surface area contributed by atoms with E-state index < -0.39 is 12.1 Å². The number of aliphatic hydroxyl groups is 1. The van der Waals surface area contributed by atoms with Crippen molar-refractivity contribution < 1.29 is 19.5 Å². The maximum Gasteiger partial charge on any atom is 0.258 e. The standard InChI is InChI=1S/C31H33N3O4/c1-22(2)29-31(38)33(20-28(36)32-26(21-35)18-23-12-6-3-7-13-23)27(24-14-8-4-9-15-24)19-34(29)30(37)25-16-10-5-11-17-25/h3-17,19,22,26,29,35H,18,20-21H2,1-2H3,(H,32,36)/t26-,29?/m0/s1. The van der Waals surface area contributed by atoms with E-state index in [4.69, 9.17) is 0 Å². The fourth-order valence-corrected chi connectivity index (χ4v) is 4.68. The number of hydrogen-bond acceptors (Lipinski definition) is 4. The molecule has 0 fully saturated rings. The smallest absolute Gasteiger partial charge is 0.258 e. The van der Waals surface area contributed by atoms with Crippen LogP contribution in [0.5, 0.6) is 0 Å². The van der Waals surface area contributed by atoms with E-state index in [1.54, 1.807) is 30.5 Å². The average Bonchev–Trinajstić information content (AvgIpc) is 2.94. The number of hydrogen-bond donors (Lipinski definition) is 2.